The van der Waals surface area contributed by atoms with Gasteiger partial charge in [-0.25, -0.2) is 4.39 Å². The van der Waals surface area contributed by atoms with Crippen LogP contribution in [0, 0.1) is 12.7 Å². The summed E-state index contributed by atoms with van der Waals surface area (Å²) in [5.74, 6) is -1.58. The number of carbonyl (C=O) groups excluding carboxylic acids is 2. The van der Waals surface area contributed by atoms with Crippen LogP contribution >= 0.6 is 0 Å². The molecule has 0 aliphatic carbocycles. The zero-order valence-electron chi connectivity index (χ0n) is 19.5. The molecule has 2 N–H and O–H groups in total. The molecule has 6 nitrogen and oxygen atoms in total. The summed E-state index contributed by atoms with van der Waals surface area (Å²) in [6.07, 6.45) is 1.86. The largest absolute Gasteiger partial charge is 0.383 e. The number of aromatic nitrogens is 1. The number of halogens is 1. The zero-order valence-corrected chi connectivity index (χ0v) is 19.5. The van der Waals surface area contributed by atoms with Crippen LogP contribution in [0.5, 0.6) is 0 Å². The van der Waals surface area contributed by atoms with Crippen molar-refractivity contribution in [2.24, 2.45) is 0 Å². The van der Waals surface area contributed by atoms with Crippen LogP contribution in [0.4, 0.5) is 10.1 Å². The molecule has 7 heteroatoms. The lowest BCUT2D eigenvalue weighted by atomic mass is 9.79. The summed E-state index contributed by atoms with van der Waals surface area (Å²) in [6.45, 7) is 2.31. The Kier molecular flexibility index (Phi) is 6.09. The predicted octanol–water partition coefficient (Wildman–Crippen LogP) is 5.18. The highest BCUT2D eigenvalue weighted by atomic mass is 19.1. The summed E-state index contributed by atoms with van der Waals surface area (Å²) >= 11 is 0. The van der Waals surface area contributed by atoms with Crippen LogP contribution in [0.3, 0.4) is 0 Å². The Balaban J connectivity index is 1.66. The maximum absolute atomic E-state index is 14.2. The number of amides is 2. The van der Waals surface area contributed by atoms with E-state index < -0.39 is 17.8 Å². The molecule has 2 atom stereocenters. The minimum Gasteiger partial charge on any atom is -0.383 e. The van der Waals surface area contributed by atoms with Gasteiger partial charge in [-0.2, -0.15) is 0 Å². The molecule has 1 aromatic heterocycles. The lowest BCUT2D eigenvalue weighted by molar-refractivity contribution is -0.119. The van der Waals surface area contributed by atoms with E-state index in [0.29, 0.717) is 35.5 Å². The fourth-order valence-corrected chi connectivity index (χ4v) is 4.89. The smallest absolute Gasteiger partial charge is 0.254 e. The number of para-hydroxylation sites is 1. The van der Waals surface area contributed by atoms with E-state index in [0.717, 1.165) is 16.5 Å². The first kappa shape index (κ1) is 22.8. The van der Waals surface area contributed by atoms with Crippen molar-refractivity contribution in [3.05, 3.63) is 101 Å². The molecule has 1 aliphatic heterocycles. The number of rotatable bonds is 6. The van der Waals surface area contributed by atoms with E-state index in [4.69, 9.17) is 4.74 Å². The molecule has 0 fully saturated rings. The van der Waals surface area contributed by atoms with Gasteiger partial charge in [0.25, 0.3) is 5.91 Å². The van der Waals surface area contributed by atoms with Gasteiger partial charge in [-0.1, -0.05) is 42.5 Å². The maximum Gasteiger partial charge on any atom is 0.254 e. The van der Waals surface area contributed by atoms with E-state index in [2.05, 4.69) is 10.3 Å². The fourth-order valence-electron chi connectivity index (χ4n) is 4.89. The third-order valence-corrected chi connectivity index (χ3v) is 6.64. The molecule has 0 bridgehead atoms. The molecule has 0 saturated carbocycles. The van der Waals surface area contributed by atoms with Crippen molar-refractivity contribution < 1.29 is 18.7 Å². The Morgan fingerprint density at radius 1 is 1.09 bits per heavy atom. The monoisotopic (exact) mass is 471 g/mol. The van der Waals surface area contributed by atoms with Crippen LogP contribution in [0.25, 0.3) is 10.9 Å². The molecule has 0 spiro atoms. The Morgan fingerprint density at radius 3 is 2.66 bits per heavy atom. The van der Waals surface area contributed by atoms with Crippen LogP contribution in [0.2, 0.25) is 0 Å². The SMILES string of the molecule is COCCN1C(=O)c2ccccc2[C@@H](C(=O)Nc2ccc(C)c(F)c2)[C@H]1c1c[nH]c2ccccc12. The second kappa shape index (κ2) is 9.35. The number of hydrogen-bond acceptors (Lipinski definition) is 3. The van der Waals surface area contributed by atoms with Crippen molar-refractivity contribution in [2.75, 3.05) is 25.6 Å². The van der Waals surface area contributed by atoms with Crippen molar-refractivity contribution >= 4 is 28.4 Å². The summed E-state index contributed by atoms with van der Waals surface area (Å²) in [5, 5.41) is 3.83. The van der Waals surface area contributed by atoms with Gasteiger partial charge in [0, 0.05) is 47.6 Å². The normalized spacial score (nSPS) is 17.5. The molecule has 0 unspecified atom stereocenters. The number of carbonyl (C=O) groups is 2. The zero-order chi connectivity index (χ0) is 24.5. The van der Waals surface area contributed by atoms with Crippen molar-refractivity contribution in [3.63, 3.8) is 0 Å². The number of H-pyrrole nitrogens is 1. The number of methoxy groups -OCH3 is 1. The standard InChI is InChI=1S/C28H26FN3O3/c1-17-11-12-18(15-23(17)29)31-27(33)25-20-8-3-4-9-21(20)28(34)32(13-14-35-2)26(25)22-16-30-24-10-6-5-7-19(22)24/h3-12,15-16,25-26,30H,13-14H2,1-2H3,(H,31,33)/t25-,26-/m1/s1. The van der Waals surface area contributed by atoms with Crippen molar-refractivity contribution in [2.45, 2.75) is 18.9 Å². The first-order valence-corrected chi connectivity index (χ1v) is 11.5. The fraction of sp³-hybridized carbons (Fsp3) is 0.214. The summed E-state index contributed by atoms with van der Waals surface area (Å²) in [5.41, 5.74) is 3.75. The van der Waals surface area contributed by atoms with Crippen LogP contribution in [-0.4, -0.2) is 42.0 Å². The lowest BCUT2D eigenvalue weighted by Gasteiger charge is -2.41. The van der Waals surface area contributed by atoms with Gasteiger partial charge in [0.1, 0.15) is 5.82 Å². The molecule has 0 radical (unpaired) electrons. The average Bonchev–Trinajstić information content (AvgIpc) is 3.29. The molecule has 3 aromatic carbocycles. The highest BCUT2D eigenvalue weighted by molar-refractivity contribution is 6.05. The maximum atomic E-state index is 14.2. The molecular weight excluding hydrogens is 445 g/mol. The van der Waals surface area contributed by atoms with Crippen LogP contribution in [0.15, 0.2) is 72.9 Å². The second-order valence-corrected chi connectivity index (χ2v) is 8.74. The van der Waals surface area contributed by atoms with E-state index in [-0.39, 0.29) is 11.8 Å². The minimum absolute atomic E-state index is 0.154. The van der Waals surface area contributed by atoms with Crippen molar-refractivity contribution in [1.29, 1.82) is 0 Å². The highest BCUT2D eigenvalue weighted by Gasteiger charge is 2.44. The molecule has 0 saturated heterocycles. The van der Waals surface area contributed by atoms with Gasteiger partial charge < -0.3 is 19.9 Å². The van der Waals surface area contributed by atoms with Crippen LogP contribution in [-0.2, 0) is 9.53 Å². The average molecular weight is 472 g/mol. The Morgan fingerprint density at radius 2 is 1.86 bits per heavy atom. The van der Waals surface area contributed by atoms with Gasteiger partial charge in [-0.3, -0.25) is 9.59 Å². The van der Waals surface area contributed by atoms with Gasteiger partial charge >= 0.3 is 0 Å². The van der Waals surface area contributed by atoms with E-state index in [1.54, 1.807) is 43.2 Å². The van der Waals surface area contributed by atoms with Gasteiger partial charge in [0.15, 0.2) is 0 Å². The molecule has 5 rings (SSSR count). The first-order chi connectivity index (χ1) is 17.0. The Hall–Kier alpha value is -3.97. The van der Waals surface area contributed by atoms with Gasteiger partial charge in [-0.05, 0) is 42.3 Å². The quantitative estimate of drug-likeness (QED) is 0.407. The number of anilines is 1. The number of hydrogen-bond donors (Lipinski definition) is 2. The van der Waals surface area contributed by atoms with Crippen LogP contribution in [0.1, 0.15) is 39.0 Å². The molecular formula is C28H26FN3O3. The Labute approximate surface area is 202 Å². The summed E-state index contributed by atoms with van der Waals surface area (Å²) in [7, 11) is 1.58. The van der Waals surface area contributed by atoms with Crippen LogP contribution < -0.4 is 5.32 Å². The van der Waals surface area contributed by atoms with E-state index in [1.165, 1.54) is 6.07 Å². The number of nitrogens with one attached hydrogen (secondary N) is 2. The molecule has 1 aliphatic rings. The van der Waals surface area contributed by atoms with Gasteiger partial charge in [-0.15, -0.1) is 0 Å². The number of benzene rings is 3. The summed E-state index contributed by atoms with van der Waals surface area (Å²) in [6, 6.07) is 19.0. The number of fused-ring (bicyclic) bond motifs is 2. The van der Waals surface area contributed by atoms with Crippen molar-refractivity contribution in [1.82, 2.24) is 9.88 Å². The third kappa shape index (κ3) is 4.08. The van der Waals surface area contributed by atoms with Crippen molar-refractivity contribution in [3.8, 4) is 0 Å². The number of aryl methyl sites for hydroxylation is 1. The summed E-state index contributed by atoms with van der Waals surface area (Å²) in [4.78, 5) is 32.5. The molecule has 4 aromatic rings. The number of nitrogens with zero attached hydrogens (tertiary/aromatic N) is 1. The topological polar surface area (TPSA) is 74.4 Å². The first-order valence-electron chi connectivity index (χ1n) is 11.5. The predicted molar refractivity (Wildman–Crippen MR) is 133 cm³/mol. The lowest BCUT2D eigenvalue weighted by Crippen LogP contribution is -2.47. The Bertz CT molecular complexity index is 1410. The van der Waals surface area contributed by atoms with E-state index in [1.807, 2.05) is 42.6 Å². The van der Waals surface area contributed by atoms with Gasteiger partial charge in [0.05, 0.1) is 18.6 Å². The molecule has 2 amide bonds. The second-order valence-electron chi connectivity index (χ2n) is 8.74. The third-order valence-electron chi connectivity index (χ3n) is 6.64. The van der Waals surface area contributed by atoms with E-state index >= 15 is 0 Å². The minimum atomic E-state index is -0.718. The molecule has 35 heavy (non-hydrogen) atoms. The highest BCUT2D eigenvalue weighted by Crippen LogP contribution is 2.45. The molecule has 178 valence electrons. The van der Waals surface area contributed by atoms with Gasteiger partial charge in [0.2, 0.25) is 5.91 Å². The number of aromatic amines is 1. The molecule has 2 heterocycles. The number of ether oxygens (including phenoxy) is 1. The van der Waals surface area contributed by atoms with E-state index in [9.17, 15) is 14.0 Å². The summed E-state index contributed by atoms with van der Waals surface area (Å²) < 4.78 is 19.5.